The fraction of sp³-hybridized carbons (Fsp3) is 1.00. The van der Waals surface area contributed by atoms with E-state index in [1.54, 1.807) is 19.3 Å². The summed E-state index contributed by atoms with van der Waals surface area (Å²) in [6.45, 7) is 7.37. The van der Waals surface area contributed by atoms with Crippen molar-refractivity contribution in [2.24, 2.45) is 41.4 Å². The van der Waals surface area contributed by atoms with Gasteiger partial charge in [-0.3, -0.25) is 0 Å². The van der Waals surface area contributed by atoms with Crippen LogP contribution in [-0.4, -0.2) is 12.1 Å². The molecule has 4 rings (SSSR count). The summed E-state index contributed by atoms with van der Waals surface area (Å²) in [5.41, 5.74) is 0. The van der Waals surface area contributed by atoms with Gasteiger partial charge in [0.25, 0.3) is 0 Å². The summed E-state index contributed by atoms with van der Waals surface area (Å²) in [6.07, 6.45) is 12.1. The van der Waals surface area contributed by atoms with Gasteiger partial charge in [0.1, 0.15) is 0 Å². The predicted molar refractivity (Wildman–Crippen MR) is 89.1 cm³/mol. The van der Waals surface area contributed by atoms with E-state index in [4.69, 9.17) is 0 Å². The molecule has 1 N–H and O–H groups in total. The average molecular weight is 290 g/mol. The Labute approximate surface area is 131 Å². The van der Waals surface area contributed by atoms with Crippen molar-refractivity contribution in [1.29, 1.82) is 0 Å². The topological polar surface area (TPSA) is 12.0 Å². The van der Waals surface area contributed by atoms with Crippen LogP contribution in [0.5, 0.6) is 0 Å². The van der Waals surface area contributed by atoms with Crippen molar-refractivity contribution in [2.45, 2.75) is 84.2 Å². The molecule has 0 radical (unpaired) electrons. The molecule has 0 amide bonds. The van der Waals surface area contributed by atoms with E-state index in [-0.39, 0.29) is 0 Å². The first-order chi connectivity index (χ1) is 10.1. The van der Waals surface area contributed by atoms with Crippen molar-refractivity contribution in [2.75, 3.05) is 0 Å². The lowest BCUT2D eigenvalue weighted by Gasteiger charge is -2.42. The molecule has 8 atom stereocenters. The molecular formula is C20H35N. The van der Waals surface area contributed by atoms with Crippen LogP contribution in [-0.2, 0) is 0 Å². The maximum Gasteiger partial charge on any atom is 0.0104 e. The van der Waals surface area contributed by atoms with Crippen LogP contribution in [0.2, 0.25) is 0 Å². The lowest BCUT2D eigenvalue weighted by atomic mass is 9.72. The predicted octanol–water partition coefficient (Wildman–Crippen LogP) is 4.86. The Morgan fingerprint density at radius 1 is 0.810 bits per heavy atom. The molecule has 120 valence electrons. The molecule has 0 aromatic rings. The first kappa shape index (κ1) is 14.5. The summed E-state index contributed by atoms with van der Waals surface area (Å²) in [5.74, 6) is 7.12. The van der Waals surface area contributed by atoms with Gasteiger partial charge in [0.2, 0.25) is 0 Å². The normalized spacial score (nSPS) is 52.6. The van der Waals surface area contributed by atoms with Gasteiger partial charge in [-0.25, -0.2) is 0 Å². The Kier molecular flexibility index (Phi) is 3.84. The van der Waals surface area contributed by atoms with Crippen molar-refractivity contribution in [1.82, 2.24) is 5.32 Å². The van der Waals surface area contributed by atoms with Crippen LogP contribution >= 0.6 is 0 Å². The standard InChI is InChI=1S/C20H35N/c1-12(2)15-8-7-13(3)9-19(15)21-20-11-14-10-18(20)17-6-4-5-16(14)17/h12-21H,4-11H2,1-3H3. The highest BCUT2D eigenvalue weighted by Crippen LogP contribution is 2.59. The lowest BCUT2D eigenvalue weighted by molar-refractivity contribution is 0.127. The first-order valence-electron chi connectivity index (χ1n) is 9.89. The third kappa shape index (κ3) is 2.48. The Hall–Kier alpha value is -0.0400. The van der Waals surface area contributed by atoms with Gasteiger partial charge in [-0.15, -0.1) is 0 Å². The molecule has 0 heterocycles. The van der Waals surface area contributed by atoms with Gasteiger partial charge >= 0.3 is 0 Å². The van der Waals surface area contributed by atoms with E-state index in [0.717, 1.165) is 53.5 Å². The van der Waals surface area contributed by atoms with Gasteiger partial charge in [-0.2, -0.15) is 0 Å². The summed E-state index contributed by atoms with van der Waals surface area (Å²) in [5, 5.41) is 4.22. The van der Waals surface area contributed by atoms with Crippen molar-refractivity contribution >= 4 is 0 Å². The Balaban J connectivity index is 1.43. The number of fused-ring (bicyclic) bond motifs is 5. The third-order valence-corrected chi connectivity index (χ3v) is 7.88. The summed E-state index contributed by atoms with van der Waals surface area (Å²) in [6, 6.07) is 1.70. The zero-order valence-electron chi connectivity index (χ0n) is 14.4. The van der Waals surface area contributed by atoms with Gasteiger partial charge in [-0.1, -0.05) is 33.6 Å². The molecule has 4 fully saturated rings. The fourth-order valence-electron chi connectivity index (χ4n) is 6.93. The molecule has 8 unspecified atom stereocenters. The summed E-state index contributed by atoms with van der Waals surface area (Å²) >= 11 is 0. The van der Waals surface area contributed by atoms with Gasteiger partial charge < -0.3 is 5.32 Å². The minimum absolute atomic E-state index is 0.818. The molecular weight excluding hydrogens is 254 g/mol. The maximum absolute atomic E-state index is 4.22. The van der Waals surface area contributed by atoms with Crippen LogP contribution in [0, 0.1) is 41.4 Å². The SMILES string of the molecule is CC1CCC(C(C)C)C(NC2CC3CC2C2CCCC32)C1. The van der Waals surface area contributed by atoms with E-state index >= 15 is 0 Å². The summed E-state index contributed by atoms with van der Waals surface area (Å²) < 4.78 is 0. The molecule has 4 aliphatic rings. The zero-order valence-corrected chi connectivity index (χ0v) is 14.4. The zero-order chi connectivity index (χ0) is 14.6. The van der Waals surface area contributed by atoms with E-state index in [2.05, 4.69) is 26.1 Å². The molecule has 0 aliphatic heterocycles. The van der Waals surface area contributed by atoms with Crippen molar-refractivity contribution in [3.8, 4) is 0 Å². The first-order valence-corrected chi connectivity index (χ1v) is 9.89. The third-order valence-electron chi connectivity index (χ3n) is 7.88. The van der Waals surface area contributed by atoms with E-state index < -0.39 is 0 Å². The molecule has 0 aromatic carbocycles. The Morgan fingerprint density at radius 2 is 1.62 bits per heavy atom. The van der Waals surface area contributed by atoms with E-state index in [1.165, 1.54) is 32.1 Å². The molecule has 0 spiro atoms. The number of hydrogen-bond acceptors (Lipinski definition) is 1. The Morgan fingerprint density at radius 3 is 2.43 bits per heavy atom. The fourth-order valence-corrected chi connectivity index (χ4v) is 6.93. The highest BCUT2D eigenvalue weighted by atomic mass is 15.0. The number of hydrogen-bond donors (Lipinski definition) is 1. The summed E-state index contributed by atoms with van der Waals surface area (Å²) in [7, 11) is 0. The van der Waals surface area contributed by atoms with Gasteiger partial charge in [0.15, 0.2) is 0 Å². The molecule has 2 bridgehead atoms. The monoisotopic (exact) mass is 289 g/mol. The van der Waals surface area contributed by atoms with Crippen molar-refractivity contribution < 1.29 is 0 Å². The van der Waals surface area contributed by atoms with Gasteiger partial charge in [0, 0.05) is 12.1 Å². The average Bonchev–Trinajstić information content (AvgIpc) is 3.09. The van der Waals surface area contributed by atoms with Crippen LogP contribution in [0.4, 0.5) is 0 Å². The second-order valence-corrected chi connectivity index (χ2v) is 9.36. The highest BCUT2D eigenvalue weighted by Gasteiger charge is 2.54. The van der Waals surface area contributed by atoms with E-state index in [1.807, 2.05) is 0 Å². The molecule has 0 saturated heterocycles. The molecule has 4 saturated carbocycles. The van der Waals surface area contributed by atoms with Crippen molar-refractivity contribution in [3.63, 3.8) is 0 Å². The number of rotatable bonds is 3. The van der Waals surface area contributed by atoms with Crippen LogP contribution < -0.4 is 5.32 Å². The van der Waals surface area contributed by atoms with Crippen molar-refractivity contribution in [3.05, 3.63) is 0 Å². The minimum atomic E-state index is 0.818. The molecule has 1 heteroatoms. The van der Waals surface area contributed by atoms with Crippen LogP contribution in [0.3, 0.4) is 0 Å². The smallest absolute Gasteiger partial charge is 0.0104 e. The largest absolute Gasteiger partial charge is 0.311 e. The second kappa shape index (κ2) is 5.55. The lowest BCUT2D eigenvalue weighted by Crippen LogP contribution is -2.50. The summed E-state index contributed by atoms with van der Waals surface area (Å²) in [4.78, 5) is 0. The number of nitrogens with one attached hydrogen (secondary N) is 1. The van der Waals surface area contributed by atoms with Crippen LogP contribution in [0.25, 0.3) is 0 Å². The Bertz CT molecular complexity index is 376. The van der Waals surface area contributed by atoms with Crippen LogP contribution in [0.1, 0.15) is 72.1 Å². The second-order valence-electron chi connectivity index (χ2n) is 9.36. The van der Waals surface area contributed by atoms with E-state index in [0.29, 0.717) is 0 Å². The van der Waals surface area contributed by atoms with Gasteiger partial charge in [-0.05, 0) is 80.0 Å². The molecule has 0 aromatic heterocycles. The molecule has 4 aliphatic carbocycles. The highest BCUT2D eigenvalue weighted by molar-refractivity contribution is 5.06. The maximum atomic E-state index is 4.22. The van der Waals surface area contributed by atoms with Crippen LogP contribution in [0.15, 0.2) is 0 Å². The minimum Gasteiger partial charge on any atom is -0.311 e. The van der Waals surface area contributed by atoms with E-state index in [9.17, 15) is 0 Å². The molecule has 1 nitrogen and oxygen atoms in total. The quantitative estimate of drug-likeness (QED) is 0.782. The molecule has 21 heavy (non-hydrogen) atoms. The van der Waals surface area contributed by atoms with Gasteiger partial charge in [0.05, 0.1) is 0 Å².